The van der Waals surface area contributed by atoms with Gasteiger partial charge in [-0.05, 0) is 18.3 Å². The van der Waals surface area contributed by atoms with Crippen LogP contribution in [0, 0.1) is 0 Å². The lowest BCUT2D eigenvalue weighted by Crippen LogP contribution is -2.39. The molecule has 0 spiro atoms. The summed E-state index contributed by atoms with van der Waals surface area (Å²) in [5.41, 5.74) is 3.22. The molecule has 0 amide bonds. The first-order chi connectivity index (χ1) is 6.13. The van der Waals surface area contributed by atoms with Crippen molar-refractivity contribution in [3.63, 3.8) is 0 Å². The Bertz CT molecular complexity index is 313. The number of hydrazine groups is 1. The molecule has 0 aliphatic rings. The zero-order chi connectivity index (χ0) is 9.84. The minimum absolute atomic E-state index is 0.374. The van der Waals surface area contributed by atoms with Gasteiger partial charge in [0.2, 0.25) is 0 Å². The molecule has 0 fully saturated rings. The van der Waals surface area contributed by atoms with Crippen LogP contribution in [-0.2, 0) is 6.54 Å². The van der Waals surface area contributed by atoms with Crippen molar-refractivity contribution >= 4 is 51.9 Å². The zero-order valence-electron chi connectivity index (χ0n) is 6.43. The first-order valence-corrected chi connectivity index (χ1v) is 5.29. The van der Waals surface area contributed by atoms with Crippen molar-refractivity contribution in [3.8, 4) is 0 Å². The third-order valence-corrected chi connectivity index (χ3v) is 3.13. The minimum atomic E-state index is 0.374. The van der Waals surface area contributed by atoms with Gasteiger partial charge >= 0.3 is 0 Å². The van der Waals surface area contributed by atoms with E-state index in [4.69, 9.17) is 41.3 Å². The lowest BCUT2D eigenvalue weighted by Gasteiger charge is -2.04. The van der Waals surface area contributed by atoms with Crippen LogP contribution < -0.4 is 16.6 Å². The third kappa shape index (κ3) is 3.28. The first-order valence-electron chi connectivity index (χ1n) is 3.31. The molecule has 0 bridgehead atoms. The van der Waals surface area contributed by atoms with Crippen molar-refractivity contribution in [1.82, 2.24) is 10.7 Å². The quantitative estimate of drug-likeness (QED) is 0.429. The SMILES string of the molecule is NNC(=S)NCc1cc(Cl)sc1Cl. The smallest absolute Gasteiger partial charge is 0.180 e. The molecule has 13 heavy (non-hydrogen) atoms. The Morgan fingerprint density at radius 3 is 2.77 bits per heavy atom. The second-order valence-corrected chi connectivity index (χ2v) is 4.87. The maximum Gasteiger partial charge on any atom is 0.180 e. The summed E-state index contributed by atoms with van der Waals surface area (Å²) in [6.45, 7) is 0.519. The lowest BCUT2D eigenvalue weighted by molar-refractivity contribution is 0.869. The highest BCUT2D eigenvalue weighted by molar-refractivity contribution is 7.80. The standard InChI is InChI=1S/C6H7Cl2N3S2/c7-4-1-3(5(8)13-4)2-10-6(12)11-9/h1H,2,9H2,(H2,10,11,12). The molecule has 0 aliphatic carbocycles. The van der Waals surface area contributed by atoms with E-state index in [0.717, 1.165) is 5.56 Å². The van der Waals surface area contributed by atoms with Gasteiger partial charge in [-0.25, -0.2) is 5.84 Å². The number of halogens is 2. The largest absolute Gasteiger partial charge is 0.358 e. The van der Waals surface area contributed by atoms with Crippen molar-refractivity contribution in [2.45, 2.75) is 6.54 Å². The summed E-state index contributed by atoms with van der Waals surface area (Å²) < 4.78 is 1.32. The van der Waals surface area contributed by atoms with Gasteiger partial charge in [-0.3, -0.25) is 0 Å². The highest BCUT2D eigenvalue weighted by atomic mass is 35.5. The molecule has 1 heterocycles. The third-order valence-electron chi connectivity index (χ3n) is 1.30. The van der Waals surface area contributed by atoms with Gasteiger partial charge in [0.05, 0.1) is 8.67 Å². The second-order valence-electron chi connectivity index (χ2n) is 2.18. The van der Waals surface area contributed by atoms with Gasteiger partial charge < -0.3 is 10.7 Å². The highest BCUT2D eigenvalue weighted by Crippen LogP contribution is 2.30. The summed E-state index contributed by atoms with van der Waals surface area (Å²) in [5.74, 6) is 5.07. The molecule has 0 saturated carbocycles. The number of nitrogens with two attached hydrogens (primary N) is 1. The Hall–Kier alpha value is -0.0700. The van der Waals surface area contributed by atoms with Crippen LogP contribution in [0.15, 0.2) is 6.07 Å². The van der Waals surface area contributed by atoms with Crippen molar-refractivity contribution in [1.29, 1.82) is 0 Å². The minimum Gasteiger partial charge on any atom is -0.358 e. The lowest BCUT2D eigenvalue weighted by atomic mass is 10.3. The number of thiophene rings is 1. The van der Waals surface area contributed by atoms with Crippen LogP contribution >= 0.6 is 46.8 Å². The fourth-order valence-corrected chi connectivity index (χ4v) is 2.28. The molecule has 1 aromatic rings. The van der Waals surface area contributed by atoms with Gasteiger partial charge in [-0.15, -0.1) is 11.3 Å². The van der Waals surface area contributed by atoms with Crippen LogP contribution in [0.4, 0.5) is 0 Å². The van der Waals surface area contributed by atoms with Crippen molar-refractivity contribution in [2.24, 2.45) is 5.84 Å². The van der Waals surface area contributed by atoms with E-state index >= 15 is 0 Å². The van der Waals surface area contributed by atoms with E-state index in [1.807, 2.05) is 0 Å². The van der Waals surface area contributed by atoms with E-state index in [0.29, 0.717) is 20.3 Å². The molecule has 7 heteroatoms. The monoisotopic (exact) mass is 255 g/mol. The van der Waals surface area contributed by atoms with Crippen LogP contribution in [0.2, 0.25) is 8.67 Å². The highest BCUT2D eigenvalue weighted by Gasteiger charge is 2.05. The molecule has 0 aliphatic heterocycles. The number of thiocarbonyl (C=S) groups is 1. The van der Waals surface area contributed by atoms with Gasteiger partial charge in [-0.2, -0.15) is 0 Å². The van der Waals surface area contributed by atoms with E-state index in [1.165, 1.54) is 11.3 Å². The van der Waals surface area contributed by atoms with Gasteiger partial charge in [0, 0.05) is 12.1 Å². The molecule has 72 valence electrons. The van der Waals surface area contributed by atoms with E-state index in [9.17, 15) is 0 Å². The van der Waals surface area contributed by atoms with Crippen LogP contribution in [0.5, 0.6) is 0 Å². The summed E-state index contributed by atoms with van der Waals surface area (Å²) in [7, 11) is 0. The predicted octanol–water partition coefficient (Wildman–Crippen LogP) is 1.89. The van der Waals surface area contributed by atoms with Gasteiger partial charge in [0.1, 0.15) is 0 Å². The van der Waals surface area contributed by atoms with Crippen molar-refractivity contribution < 1.29 is 0 Å². The molecule has 3 nitrogen and oxygen atoms in total. The first kappa shape index (κ1) is 11.0. The number of rotatable bonds is 2. The van der Waals surface area contributed by atoms with E-state index in [2.05, 4.69) is 10.7 Å². The summed E-state index contributed by atoms with van der Waals surface area (Å²) in [4.78, 5) is 0. The van der Waals surface area contributed by atoms with Gasteiger partial charge in [0.25, 0.3) is 0 Å². The maximum atomic E-state index is 5.87. The number of hydrogen-bond donors (Lipinski definition) is 3. The number of hydrogen-bond acceptors (Lipinski definition) is 3. The Morgan fingerprint density at radius 2 is 2.31 bits per heavy atom. The Balaban J connectivity index is 2.54. The molecule has 0 saturated heterocycles. The second kappa shape index (κ2) is 4.97. The topological polar surface area (TPSA) is 50.1 Å². The summed E-state index contributed by atoms with van der Waals surface area (Å²) in [6, 6.07) is 1.79. The Labute approximate surface area is 95.2 Å². The average molecular weight is 256 g/mol. The Morgan fingerprint density at radius 1 is 1.62 bits per heavy atom. The van der Waals surface area contributed by atoms with E-state index < -0.39 is 0 Å². The van der Waals surface area contributed by atoms with Crippen LogP contribution in [-0.4, -0.2) is 5.11 Å². The molecular formula is C6H7Cl2N3S2. The van der Waals surface area contributed by atoms with Crippen molar-refractivity contribution in [2.75, 3.05) is 0 Å². The van der Waals surface area contributed by atoms with Crippen molar-refractivity contribution in [3.05, 3.63) is 20.3 Å². The fraction of sp³-hybridized carbons (Fsp3) is 0.167. The van der Waals surface area contributed by atoms with Crippen LogP contribution in [0.25, 0.3) is 0 Å². The molecule has 0 aromatic carbocycles. The number of nitrogens with one attached hydrogen (secondary N) is 2. The Kier molecular flexibility index (Phi) is 4.21. The summed E-state index contributed by atoms with van der Waals surface area (Å²) >= 11 is 17.7. The zero-order valence-corrected chi connectivity index (χ0v) is 9.58. The van der Waals surface area contributed by atoms with Crippen LogP contribution in [0.1, 0.15) is 5.56 Å². The molecule has 4 N–H and O–H groups in total. The molecule has 0 unspecified atom stereocenters. The fourth-order valence-electron chi connectivity index (χ4n) is 0.721. The van der Waals surface area contributed by atoms with Gasteiger partial charge in [-0.1, -0.05) is 23.2 Å². The molecule has 0 atom stereocenters. The van der Waals surface area contributed by atoms with E-state index in [-0.39, 0.29) is 0 Å². The van der Waals surface area contributed by atoms with E-state index in [1.54, 1.807) is 6.07 Å². The van der Waals surface area contributed by atoms with Crippen LogP contribution in [0.3, 0.4) is 0 Å². The summed E-state index contributed by atoms with van der Waals surface area (Å²) in [5, 5.41) is 3.24. The maximum absolute atomic E-state index is 5.87. The predicted molar refractivity (Wildman–Crippen MR) is 61.1 cm³/mol. The molecule has 0 radical (unpaired) electrons. The van der Waals surface area contributed by atoms with Gasteiger partial charge in [0.15, 0.2) is 5.11 Å². The molecule has 1 aromatic heterocycles. The molecular weight excluding hydrogens is 249 g/mol. The normalized spacial score (nSPS) is 9.77. The average Bonchev–Trinajstić information content (AvgIpc) is 2.41. The molecule has 1 rings (SSSR count). The summed E-state index contributed by atoms with van der Waals surface area (Å²) in [6.07, 6.45) is 0.